The molecule has 3 aromatic carbocycles. The zero-order valence-corrected chi connectivity index (χ0v) is 26.6. The van der Waals surface area contributed by atoms with Crippen molar-refractivity contribution in [3.8, 4) is 11.5 Å². The van der Waals surface area contributed by atoms with Gasteiger partial charge in [0.15, 0.2) is 0 Å². The van der Waals surface area contributed by atoms with Gasteiger partial charge in [-0.1, -0.05) is 18.2 Å². The normalized spacial score (nSPS) is 14.2. The fourth-order valence-corrected chi connectivity index (χ4v) is 8.53. The maximum absolute atomic E-state index is 13.6. The monoisotopic (exact) mass is 690 g/mol. The molecule has 0 spiro atoms. The molecule has 0 fully saturated rings. The SMILES string of the molecule is COc1ccc2[se]c(C=c3sc(=CC=C4Oc5ccccc5N4Cc4ccccc4)c(=O)n3CC(=O)O)[n+](CCC(=O)O)c2c1. The summed E-state index contributed by atoms with van der Waals surface area (Å²) in [6.07, 6.45) is 5.11. The van der Waals surface area contributed by atoms with Crippen LogP contribution in [0.3, 0.4) is 0 Å². The Labute approximate surface area is 267 Å². The van der Waals surface area contributed by atoms with Gasteiger partial charge < -0.3 is 0 Å². The topological polar surface area (TPSA) is 122 Å². The number of aliphatic carboxylic acids is 2. The van der Waals surface area contributed by atoms with Gasteiger partial charge in [-0.25, -0.2) is 0 Å². The second-order valence-corrected chi connectivity index (χ2v) is 13.4. The van der Waals surface area contributed by atoms with Crippen LogP contribution >= 0.6 is 11.3 Å². The molecule has 2 aromatic heterocycles. The summed E-state index contributed by atoms with van der Waals surface area (Å²) in [7, 11) is 1.57. The number of allylic oxidation sites excluding steroid dienone is 1. The molecule has 12 heteroatoms. The number of benzene rings is 3. The predicted molar refractivity (Wildman–Crippen MR) is 171 cm³/mol. The molecular formula is C33H28N3O7SSe+. The fraction of sp³-hybridized carbons (Fsp3) is 0.152. The van der Waals surface area contributed by atoms with E-state index in [4.69, 9.17) is 9.47 Å². The van der Waals surface area contributed by atoms with Crippen LogP contribution in [0.2, 0.25) is 0 Å². The van der Waals surface area contributed by atoms with Crippen molar-refractivity contribution in [2.75, 3.05) is 12.0 Å². The van der Waals surface area contributed by atoms with E-state index in [2.05, 4.69) is 0 Å². The van der Waals surface area contributed by atoms with Gasteiger partial charge in [0, 0.05) is 0 Å². The number of hydrogen-bond donors (Lipinski definition) is 2. The van der Waals surface area contributed by atoms with Crippen LogP contribution in [-0.4, -0.2) is 48.3 Å². The Balaban J connectivity index is 1.46. The molecule has 45 heavy (non-hydrogen) atoms. The Bertz CT molecular complexity index is 2130. The summed E-state index contributed by atoms with van der Waals surface area (Å²) in [6.45, 7) is 0.268. The van der Waals surface area contributed by atoms with Crippen LogP contribution in [0.5, 0.6) is 11.5 Å². The minimum absolute atomic E-state index is 0.0923. The third-order valence-electron chi connectivity index (χ3n) is 7.16. The van der Waals surface area contributed by atoms with Gasteiger partial charge in [-0.05, 0) is 0 Å². The van der Waals surface area contributed by atoms with Crippen LogP contribution in [0, 0.1) is 0 Å². The number of rotatable bonds is 10. The molecule has 0 atom stereocenters. The predicted octanol–water partition coefficient (Wildman–Crippen LogP) is 2.53. The molecule has 0 radical (unpaired) electrons. The van der Waals surface area contributed by atoms with E-state index in [0.717, 1.165) is 25.6 Å². The molecule has 5 aromatic rings. The first kappa shape index (κ1) is 30.1. The molecule has 0 amide bonds. The summed E-state index contributed by atoms with van der Waals surface area (Å²) in [5.74, 6) is -0.182. The van der Waals surface area contributed by atoms with E-state index >= 15 is 0 Å². The van der Waals surface area contributed by atoms with Gasteiger partial charge in [-0.3, -0.25) is 0 Å². The summed E-state index contributed by atoms with van der Waals surface area (Å²) in [5.41, 5.74) is 2.40. The molecule has 1 aliphatic rings. The molecule has 0 unspecified atom stereocenters. The maximum atomic E-state index is 13.6. The Morgan fingerprint density at radius 2 is 1.80 bits per heavy atom. The first-order valence-electron chi connectivity index (χ1n) is 14.0. The number of carboxylic acids is 2. The van der Waals surface area contributed by atoms with Gasteiger partial charge in [0.25, 0.3) is 0 Å². The van der Waals surface area contributed by atoms with Gasteiger partial charge >= 0.3 is 250 Å². The van der Waals surface area contributed by atoms with E-state index in [9.17, 15) is 24.6 Å². The van der Waals surface area contributed by atoms with Crippen LogP contribution in [0.25, 0.3) is 21.9 Å². The average Bonchev–Trinajstić information content (AvgIpc) is 3.66. The number of fused-ring (bicyclic) bond motifs is 2. The van der Waals surface area contributed by atoms with Crippen LogP contribution in [0.4, 0.5) is 5.69 Å². The van der Waals surface area contributed by atoms with Crippen molar-refractivity contribution in [3.05, 3.63) is 114 Å². The average molecular weight is 690 g/mol. The van der Waals surface area contributed by atoms with E-state index in [1.807, 2.05) is 82.3 Å². The van der Waals surface area contributed by atoms with Crippen molar-refractivity contribution >= 4 is 65.4 Å². The van der Waals surface area contributed by atoms with E-state index in [0.29, 0.717) is 33.1 Å². The minimum atomic E-state index is -1.14. The van der Waals surface area contributed by atoms with E-state index < -0.39 is 24.0 Å². The van der Waals surface area contributed by atoms with Gasteiger partial charge in [-0.2, -0.15) is 0 Å². The summed E-state index contributed by atoms with van der Waals surface area (Å²) in [5, 5.41) is 19.0. The molecule has 3 heterocycles. The number of thiazole rings is 1. The van der Waals surface area contributed by atoms with E-state index in [1.54, 1.807) is 25.3 Å². The van der Waals surface area contributed by atoms with Crippen LogP contribution in [-0.2, 0) is 29.2 Å². The Morgan fingerprint density at radius 1 is 1.02 bits per heavy atom. The number of aryl methyl sites for hydroxylation is 1. The fourth-order valence-electron chi connectivity index (χ4n) is 5.05. The van der Waals surface area contributed by atoms with Crippen molar-refractivity contribution in [1.82, 2.24) is 4.57 Å². The molecule has 0 aliphatic carbocycles. The second-order valence-electron chi connectivity index (χ2n) is 10.1. The number of aromatic nitrogens is 2. The Hall–Kier alpha value is -4.90. The van der Waals surface area contributed by atoms with Gasteiger partial charge in [0.2, 0.25) is 0 Å². The molecule has 6 rings (SSSR count). The number of carbonyl (C=O) groups is 2. The van der Waals surface area contributed by atoms with Crippen molar-refractivity contribution in [2.24, 2.45) is 0 Å². The molecule has 0 saturated heterocycles. The number of methoxy groups -OCH3 is 1. The van der Waals surface area contributed by atoms with Crippen molar-refractivity contribution in [2.45, 2.75) is 26.1 Å². The molecule has 10 nitrogen and oxygen atoms in total. The molecular weight excluding hydrogens is 661 g/mol. The zero-order chi connectivity index (χ0) is 31.5. The second kappa shape index (κ2) is 13.0. The number of ether oxygens (including phenoxy) is 2. The molecule has 2 N–H and O–H groups in total. The summed E-state index contributed by atoms with van der Waals surface area (Å²) in [4.78, 5) is 38.9. The van der Waals surface area contributed by atoms with Crippen molar-refractivity contribution in [1.29, 1.82) is 0 Å². The van der Waals surface area contributed by atoms with Crippen LogP contribution in [0.15, 0.2) is 89.6 Å². The zero-order valence-electron chi connectivity index (χ0n) is 24.1. The number of para-hydroxylation sites is 2. The Morgan fingerprint density at radius 3 is 2.56 bits per heavy atom. The standard InChI is InChI=1S/C33H27N3O7SSe/c1-42-22-11-13-27-24(17-22)34(16-15-31(37)38)30(45-27)18-29-36(20-32(39)40)33(41)26(44-29)12-14-28-35(19-21-7-3-2-4-8-21)23-9-5-6-10-25(23)43-28/h2-14,17-18H,15-16,19-20H2,1H3,(H-,37,38,39,40)/p+1. The van der Waals surface area contributed by atoms with E-state index in [-0.39, 0.29) is 27.5 Å². The first-order valence-corrected chi connectivity index (χ1v) is 16.5. The first-order chi connectivity index (χ1) is 21.8. The summed E-state index contributed by atoms with van der Waals surface area (Å²) < 4.78 is 17.4. The van der Waals surface area contributed by atoms with Gasteiger partial charge in [0.1, 0.15) is 0 Å². The van der Waals surface area contributed by atoms with Crippen LogP contribution < -0.4 is 33.7 Å². The molecule has 228 valence electrons. The molecule has 0 saturated carbocycles. The van der Waals surface area contributed by atoms with Gasteiger partial charge in [0.05, 0.1) is 0 Å². The van der Waals surface area contributed by atoms with Gasteiger partial charge in [-0.15, -0.1) is 0 Å². The van der Waals surface area contributed by atoms with E-state index in [1.165, 1.54) is 15.9 Å². The number of nitrogens with zero attached hydrogens (tertiary/aromatic N) is 3. The molecule has 1 aliphatic heterocycles. The number of anilines is 1. The Kier molecular flexibility index (Phi) is 8.70. The summed E-state index contributed by atoms with van der Waals surface area (Å²) >= 11 is 0.972. The van der Waals surface area contributed by atoms with Crippen molar-refractivity contribution < 1.29 is 33.8 Å². The quantitative estimate of drug-likeness (QED) is 0.170. The third-order valence-corrected chi connectivity index (χ3v) is 10.6. The van der Waals surface area contributed by atoms with Crippen LogP contribution in [0.1, 0.15) is 16.6 Å². The van der Waals surface area contributed by atoms with Crippen molar-refractivity contribution in [3.63, 3.8) is 0 Å². The third kappa shape index (κ3) is 6.48. The number of carboxylic acid groups (broad SMARTS) is 2. The summed E-state index contributed by atoms with van der Waals surface area (Å²) in [6, 6.07) is 23.3. The molecule has 0 bridgehead atoms. The number of hydrogen-bond acceptors (Lipinski definition) is 7.